The third-order valence-corrected chi connectivity index (χ3v) is 5.00. The summed E-state index contributed by atoms with van der Waals surface area (Å²) in [5.74, 6) is -0.155. The Balaban J connectivity index is 0.000000186. The molecule has 3 aromatic carbocycles. The van der Waals surface area contributed by atoms with E-state index in [1.165, 1.54) is 22.7 Å². The number of aromatic nitrogens is 2. The lowest BCUT2D eigenvalue weighted by atomic mass is 9.39. The predicted octanol–water partition coefficient (Wildman–Crippen LogP) is 5.09. The van der Waals surface area contributed by atoms with Gasteiger partial charge in [0.25, 0.3) is 0 Å². The molecular formula is C25H26BFN2. The van der Waals surface area contributed by atoms with Gasteiger partial charge in [0.1, 0.15) is 5.82 Å². The Morgan fingerprint density at radius 3 is 2.21 bits per heavy atom. The zero-order valence-corrected chi connectivity index (χ0v) is 17.0. The van der Waals surface area contributed by atoms with Gasteiger partial charge in [-0.05, 0) is 29.7 Å². The van der Waals surface area contributed by atoms with Gasteiger partial charge in [-0.1, -0.05) is 97.8 Å². The molecular weight excluding hydrogens is 358 g/mol. The second-order valence-electron chi connectivity index (χ2n) is 6.95. The molecule has 1 N–H and O–H groups in total. The van der Waals surface area contributed by atoms with Crippen LogP contribution in [0.4, 0.5) is 4.39 Å². The van der Waals surface area contributed by atoms with Crippen LogP contribution in [0.25, 0.3) is 11.3 Å². The maximum absolute atomic E-state index is 13.3. The van der Waals surface area contributed by atoms with E-state index in [0.717, 1.165) is 23.9 Å². The fraction of sp³-hybridized carbons (Fsp3) is 0.160. The molecule has 0 atom stereocenters. The molecule has 0 aliphatic rings. The smallest absolute Gasteiger partial charge is 0.209 e. The second kappa shape index (κ2) is 10.4. The van der Waals surface area contributed by atoms with Crippen LogP contribution < -0.4 is 10.9 Å². The van der Waals surface area contributed by atoms with Crippen molar-refractivity contribution in [3.8, 4) is 11.3 Å². The van der Waals surface area contributed by atoms with E-state index in [4.69, 9.17) is 0 Å². The monoisotopic (exact) mass is 384 g/mol. The largest absolute Gasteiger partial charge is 0.345 e. The van der Waals surface area contributed by atoms with Gasteiger partial charge in [0.05, 0.1) is 18.2 Å². The molecule has 0 bridgehead atoms. The highest BCUT2D eigenvalue weighted by atomic mass is 19.1. The molecule has 0 fully saturated rings. The number of aromatic amines is 1. The zero-order chi connectivity index (χ0) is 20.5. The summed E-state index contributed by atoms with van der Waals surface area (Å²) >= 11 is 0. The van der Waals surface area contributed by atoms with E-state index in [9.17, 15) is 4.39 Å². The summed E-state index contributed by atoms with van der Waals surface area (Å²) in [4.78, 5) is 6.99. The number of hydrogen-bond donors (Lipinski definition) is 1. The molecule has 0 unspecified atom stereocenters. The van der Waals surface area contributed by atoms with Crippen molar-refractivity contribution in [1.82, 2.24) is 9.97 Å². The van der Waals surface area contributed by atoms with Crippen molar-refractivity contribution in [2.75, 3.05) is 0 Å². The van der Waals surface area contributed by atoms with Gasteiger partial charge in [-0.15, -0.1) is 0 Å². The van der Waals surface area contributed by atoms with E-state index in [1.807, 2.05) is 42.6 Å². The number of hydrogen-bond acceptors (Lipinski definition) is 1. The first kappa shape index (κ1) is 20.6. The highest BCUT2D eigenvalue weighted by molar-refractivity contribution is 6.85. The molecule has 2 nitrogen and oxygen atoms in total. The minimum atomic E-state index is -0.155. The first-order valence-electron chi connectivity index (χ1n) is 10.1. The molecule has 29 heavy (non-hydrogen) atoms. The van der Waals surface area contributed by atoms with E-state index in [0.29, 0.717) is 0 Å². The molecule has 0 spiro atoms. The van der Waals surface area contributed by atoms with Crippen molar-refractivity contribution in [2.45, 2.75) is 26.6 Å². The van der Waals surface area contributed by atoms with Crippen molar-refractivity contribution in [2.24, 2.45) is 0 Å². The van der Waals surface area contributed by atoms with Crippen LogP contribution in [0.15, 0.2) is 91.4 Å². The minimum absolute atomic E-state index is 0.155. The number of halogens is 1. The van der Waals surface area contributed by atoms with Crippen molar-refractivity contribution in [1.29, 1.82) is 0 Å². The minimum Gasteiger partial charge on any atom is -0.345 e. The zero-order valence-electron chi connectivity index (χ0n) is 17.0. The molecule has 0 saturated heterocycles. The number of nitrogens with one attached hydrogen (secondary N) is 1. The van der Waals surface area contributed by atoms with Gasteiger partial charge in [0, 0.05) is 0 Å². The number of nitrogens with zero attached hydrogens (tertiary/aromatic N) is 1. The second-order valence-corrected chi connectivity index (χ2v) is 6.95. The fourth-order valence-electron chi connectivity index (χ4n) is 3.45. The first-order valence-corrected chi connectivity index (χ1v) is 10.1. The molecule has 0 aliphatic carbocycles. The summed E-state index contributed by atoms with van der Waals surface area (Å²) in [6, 6.07) is 25.7. The van der Waals surface area contributed by atoms with Gasteiger partial charge < -0.3 is 4.98 Å². The standard InChI is InChI=1S/C16H18BF.C9H8N2/c1-3-13-7-5-8-14(11-13)17(4-2)15-9-6-10-16(18)12-15;1-2-4-8(5-3-1)9-6-10-7-11-9/h5-12H,3-4H2,1-2H3;1-7H,(H,10,11). The van der Waals surface area contributed by atoms with Gasteiger partial charge >= 0.3 is 0 Å². The van der Waals surface area contributed by atoms with Crippen LogP contribution in [0.2, 0.25) is 6.32 Å². The van der Waals surface area contributed by atoms with Crippen LogP contribution in [0.3, 0.4) is 0 Å². The summed E-state index contributed by atoms with van der Waals surface area (Å²) in [7, 11) is 0. The lowest BCUT2D eigenvalue weighted by Gasteiger charge is -2.13. The molecule has 4 aromatic rings. The van der Waals surface area contributed by atoms with E-state index < -0.39 is 0 Å². The highest BCUT2D eigenvalue weighted by Gasteiger charge is 2.17. The van der Waals surface area contributed by atoms with Gasteiger partial charge in [-0.2, -0.15) is 0 Å². The average molecular weight is 384 g/mol. The van der Waals surface area contributed by atoms with Crippen molar-refractivity contribution in [3.63, 3.8) is 0 Å². The molecule has 0 radical (unpaired) electrons. The number of H-pyrrole nitrogens is 1. The van der Waals surface area contributed by atoms with E-state index >= 15 is 0 Å². The molecule has 1 aromatic heterocycles. The molecule has 146 valence electrons. The van der Waals surface area contributed by atoms with Crippen molar-refractivity contribution in [3.05, 3.63) is 103 Å². The first-order chi connectivity index (χ1) is 14.2. The van der Waals surface area contributed by atoms with Crippen LogP contribution >= 0.6 is 0 Å². The fourth-order valence-corrected chi connectivity index (χ4v) is 3.45. The van der Waals surface area contributed by atoms with Crippen LogP contribution in [-0.2, 0) is 6.42 Å². The number of benzene rings is 3. The van der Waals surface area contributed by atoms with Gasteiger partial charge in [0.15, 0.2) is 0 Å². The molecule has 1 heterocycles. The van der Waals surface area contributed by atoms with E-state index in [2.05, 4.69) is 48.1 Å². The number of rotatable bonds is 5. The Kier molecular flexibility index (Phi) is 7.40. The van der Waals surface area contributed by atoms with Crippen molar-refractivity contribution < 1.29 is 4.39 Å². The SMILES string of the molecule is CCB(c1cccc(F)c1)c1cccc(CC)c1.c1ccc(-c2cnc[nH]2)cc1. The Morgan fingerprint density at radius 2 is 1.59 bits per heavy atom. The number of aryl methyl sites for hydroxylation is 1. The summed E-state index contributed by atoms with van der Waals surface area (Å²) in [6.45, 7) is 4.59. The Bertz CT molecular complexity index is 1000. The lowest BCUT2D eigenvalue weighted by molar-refractivity contribution is 0.629. The van der Waals surface area contributed by atoms with Crippen LogP contribution in [0, 0.1) is 5.82 Å². The number of imidazole rings is 1. The van der Waals surface area contributed by atoms with Gasteiger partial charge in [-0.25, -0.2) is 9.37 Å². The third kappa shape index (κ3) is 5.67. The summed E-state index contributed by atoms with van der Waals surface area (Å²) in [6.07, 6.45) is 5.52. The highest BCUT2D eigenvalue weighted by Crippen LogP contribution is 2.13. The van der Waals surface area contributed by atoms with Crippen LogP contribution in [-0.4, -0.2) is 16.7 Å². The normalized spacial score (nSPS) is 10.2. The lowest BCUT2D eigenvalue weighted by Crippen LogP contribution is -2.41. The topological polar surface area (TPSA) is 28.7 Å². The maximum Gasteiger partial charge on any atom is 0.209 e. The molecule has 0 amide bonds. The van der Waals surface area contributed by atoms with Gasteiger partial charge in [0.2, 0.25) is 6.71 Å². The van der Waals surface area contributed by atoms with E-state index in [1.54, 1.807) is 18.5 Å². The molecule has 4 rings (SSSR count). The predicted molar refractivity (Wildman–Crippen MR) is 122 cm³/mol. The summed E-state index contributed by atoms with van der Waals surface area (Å²) in [5, 5.41) is 0. The Labute approximate surface area is 172 Å². The quantitative estimate of drug-likeness (QED) is 0.477. The third-order valence-electron chi connectivity index (χ3n) is 5.00. The van der Waals surface area contributed by atoms with Gasteiger partial charge in [-0.3, -0.25) is 0 Å². The summed E-state index contributed by atoms with van der Waals surface area (Å²) in [5.41, 5.74) is 5.91. The Hall–Kier alpha value is -3.14. The molecule has 4 heteroatoms. The van der Waals surface area contributed by atoms with Crippen LogP contribution in [0.5, 0.6) is 0 Å². The molecule has 0 aliphatic heterocycles. The molecule has 0 saturated carbocycles. The Morgan fingerprint density at radius 1 is 0.862 bits per heavy atom. The van der Waals surface area contributed by atoms with Crippen molar-refractivity contribution >= 4 is 17.6 Å². The average Bonchev–Trinajstić information content (AvgIpc) is 3.31. The summed E-state index contributed by atoms with van der Waals surface area (Å²) < 4.78 is 13.3. The maximum atomic E-state index is 13.3. The van der Waals surface area contributed by atoms with Crippen LogP contribution in [0.1, 0.15) is 19.4 Å². The van der Waals surface area contributed by atoms with E-state index in [-0.39, 0.29) is 12.5 Å².